The molecule has 0 radical (unpaired) electrons. The Morgan fingerprint density at radius 3 is 2.30 bits per heavy atom. The zero-order valence-corrected chi connectivity index (χ0v) is 13.8. The van der Waals surface area contributed by atoms with Gasteiger partial charge >= 0.3 is 0 Å². The van der Waals surface area contributed by atoms with Crippen molar-refractivity contribution in [3.8, 4) is 17.2 Å². The third-order valence-corrected chi connectivity index (χ3v) is 4.27. The highest BCUT2D eigenvalue weighted by Gasteiger charge is 2.13. The summed E-state index contributed by atoms with van der Waals surface area (Å²) in [6.07, 6.45) is 0. The molecule has 0 fully saturated rings. The van der Waals surface area contributed by atoms with E-state index < -0.39 is 10.0 Å². The van der Waals surface area contributed by atoms with Gasteiger partial charge in [0.2, 0.25) is 10.0 Å². The third kappa shape index (κ3) is 5.07. The van der Waals surface area contributed by atoms with Crippen LogP contribution in [0.2, 0.25) is 0 Å². The first-order chi connectivity index (χ1) is 11.0. The number of sulfonamides is 1. The van der Waals surface area contributed by atoms with Crippen molar-refractivity contribution in [1.82, 2.24) is 0 Å². The molecule has 1 N–H and O–H groups in total. The van der Waals surface area contributed by atoms with E-state index in [1.165, 1.54) is 14.2 Å². The lowest BCUT2D eigenvalue weighted by molar-refractivity contribution is 0.341. The zero-order valence-electron chi connectivity index (χ0n) is 13.0. The van der Waals surface area contributed by atoms with E-state index in [1.807, 2.05) is 18.2 Å². The molecule has 0 atom stereocenters. The summed E-state index contributed by atoms with van der Waals surface area (Å²) in [5, 5.41) is 0. The Hall–Kier alpha value is -2.41. The third-order valence-electron chi connectivity index (χ3n) is 3.02. The molecule has 0 amide bonds. The minimum atomic E-state index is -3.52. The highest BCUT2D eigenvalue weighted by Crippen LogP contribution is 2.30. The van der Waals surface area contributed by atoms with Crippen LogP contribution in [0.15, 0.2) is 48.5 Å². The van der Waals surface area contributed by atoms with Gasteiger partial charge in [-0.3, -0.25) is 4.72 Å². The number of ether oxygens (including phenoxy) is 3. The van der Waals surface area contributed by atoms with E-state index in [9.17, 15) is 8.42 Å². The van der Waals surface area contributed by atoms with Gasteiger partial charge in [-0.2, -0.15) is 0 Å². The fourth-order valence-electron chi connectivity index (χ4n) is 1.92. The molecule has 0 aliphatic rings. The van der Waals surface area contributed by atoms with Crippen molar-refractivity contribution in [2.45, 2.75) is 0 Å². The predicted molar refractivity (Wildman–Crippen MR) is 88.9 cm³/mol. The number of nitrogens with one attached hydrogen (secondary N) is 1. The minimum absolute atomic E-state index is 0.0621. The first-order valence-corrected chi connectivity index (χ1v) is 8.59. The topological polar surface area (TPSA) is 73.9 Å². The second-order valence-corrected chi connectivity index (χ2v) is 6.49. The number of benzene rings is 2. The number of hydrogen-bond donors (Lipinski definition) is 1. The van der Waals surface area contributed by atoms with Gasteiger partial charge in [-0.05, 0) is 24.3 Å². The van der Waals surface area contributed by atoms with Crippen LogP contribution in [0, 0.1) is 0 Å². The highest BCUT2D eigenvalue weighted by atomic mass is 32.2. The van der Waals surface area contributed by atoms with Crippen LogP contribution in [0.3, 0.4) is 0 Å². The van der Waals surface area contributed by atoms with Gasteiger partial charge in [0.1, 0.15) is 18.1 Å². The van der Waals surface area contributed by atoms with E-state index in [0.29, 0.717) is 22.9 Å². The molecule has 7 heteroatoms. The molecule has 0 saturated heterocycles. The van der Waals surface area contributed by atoms with Gasteiger partial charge in [0.15, 0.2) is 11.5 Å². The molecule has 124 valence electrons. The van der Waals surface area contributed by atoms with Crippen LogP contribution in [-0.4, -0.2) is 35.0 Å². The average Bonchev–Trinajstić information content (AvgIpc) is 2.55. The van der Waals surface area contributed by atoms with Crippen LogP contribution in [0.4, 0.5) is 5.69 Å². The molecule has 0 aromatic heterocycles. The van der Waals surface area contributed by atoms with Crippen LogP contribution in [0.1, 0.15) is 0 Å². The maximum absolute atomic E-state index is 12.1. The maximum Gasteiger partial charge on any atom is 0.236 e. The lowest BCUT2D eigenvalue weighted by atomic mass is 10.3. The highest BCUT2D eigenvalue weighted by molar-refractivity contribution is 7.92. The van der Waals surface area contributed by atoms with Crippen LogP contribution in [0.5, 0.6) is 17.2 Å². The van der Waals surface area contributed by atoms with E-state index in [1.54, 1.807) is 30.3 Å². The molecule has 0 saturated carbocycles. The van der Waals surface area contributed by atoms with Crippen molar-refractivity contribution in [1.29, 1.82) is 0 Å². The molecule has 2 aromatic rings. The largest absolute Gasteiger partial charge is 0.493 e. The smallest absolute Gasteiger partial charge is 0.236 e. The van der Waals surface area contributed by atoms with Crippen molar-refractivity contribution in [2.24, 2.45) is 0 Å². The summed E-state index contributed by atoms with van der Waals surface area (Å²) < 4.78 is 42.3. The normalized spacial score (nSPS) is 10.9. The second kappa shape index (κ2) is 7.73. The molecule has 0 spiro atoms. The molecule has 0 aliphatic carbocycles. The fraction of sp³-hybridized carbons (Fsp3) is 0.250. The van der Waals surface area contributed by atoms with Crippen molar-refractivity contribution >= 4 is 15.7 Å². The van der Waals surface area contributed by atoms with Crippen molar-refractivity contribution in [2.75, 3.05) is 31.3 Å². The summed E-state index contributed by atoms with van der Waals surface area (Å²) in [5.74, 6) is 1.46. The quantitative estimate of drug-likeness (QED) is 0.801. The standard InChI is InChI=1S/C16H19NO5S/c1-20-15-9-8-13(12-16(15)21-2)17-23(18,19)11-10-22-14-6-4-3-5-7-14/h3-9,12,17H,10-11H2,1-2H3. The Kier molecular flexibility index (Phi) is 5.70. The fourth-order valence-corrected chi connectivity index (χ4v) is 2.81. The SMILES string of the molecule is COc1ccc(NS(=O)(=O)CCOc2ccccc2)cc1OC. The van der Waals surface area contributed by atoms with Crippen LogP contribution in [-0.2, 0) is 10.0 Å². The number of hydrogen-bond acceptors (Lipinski definition) is 5. The van der Waals surface area contributed by atoms with Crippen LogP contribution in [0.25, 0.3) is 0 Å². The summed E-state index contributed by atoms with van der Waals surface area (Å²) in [7, 11) is -0.514. The predicted octanol–water partition coefficient (Wildman–Crippen LogP) is 2.52. The van der Waals surface area contributed by atoms with E-state index in [0.717, 1.165) is 0 Å². The van der Waals surface area contributed by atoms with Crippen molar-refractivity contribution in [3.63, 3.8) is 0 Å². The van der Waals surface area contributed by atoms with Gasteiger partial charge in [-0.1, -0.05) is 18.2 Å². The molecule has 2 rings (SSSR count). The molecule has 23 heavy (non-hydrogen) atoms. The van der Waals surface area contributed by atoms with Gasteiger partial charge in [-0.15, -0.1) is 0 Å². The number of para-hydroxylation sites is 1. The Morgan fingerprint density at radius 2 is 1.65 bits per heavy atom. The molecule has 6 nitrogen and oxygen atoms in total. The molecule has 2 aromatic carbocycles. The van der Waals surface area contributed by atoms with E-state index in [-0.39, 0.29) is 12.4 Å². The van der Waals surface area contributed by atoms with Crippen molar-refractivity contribution in [3.05, 3.63) is 48.5 Å². The van der Waals surface area contributed by atoms with Gasteiger partial charge < -0.3 is 14.2 Å². The van der Waals surface area contributed by atoms with Crippen LogP contribution < -0.4 is 18.9 Å². The summed E-state index contributed by atoms with van der Waals surface area (Å²) >= 11 is 0. The number of anilines is 1. The minimum Gasteiger partial charge on any atom is -0.493 e. The summed E-state index contributed by atoms with van der Waals surface area (Å²) in [4.78, 5) is 0. The second-order valence-electron chi connectivity index (χ2n) is 4.65. The van der Waals surface area contributed by atoms with E-state index in [4.69, 9.17) is 14.2 Å². The monoisotopic (exact) mass is 337 g/mol. The molecular formula is C16H19NO5S. The van der Waals surface area contributed by atoms with E-state index in [2.05, 4.69) is 4.72 Å². The molecule has 0 unspecified atom stereocenters. The summed E-state index contributed by atoms with van der Waals surface area (Å²) in [5.41, 5.74) is 0.405. The molecule has 0 heterocycles. The van der Waals surface area contributed by atoms with Crippen LogP contribution >= 0.6 is 0 Å². The van der Waals surface area contributed by atoms with Gasteiger partial charge in [0, 0.05) is 6.07 Å². The van der Waals surface area contributed by atoms with Crippen molar-refractivity contribution < 1.29 is 22.6 Å². The molecule has 0 aliphatic heterocycles. The first-order valence-electron chi connectivity index (χ1n) is 6.94. The zero-order chi connectivity index (χ0) is 16.7. The Balaban J connectivity index is 1.95. The Morgan fingerprint density at radius 1 is 0.957 bits per heavy atom. The van der Waals surface area contributed by atoms with Gasteiger partial charge in [-0.25, -0.2) is 8.42 Å². The lowest BCUT2D eigenvalue weighted by Gasteiger charge is -2.12. The Bertz CT molecular complexity index is 731. The summed E-state index contributed by atoms with van der Waals surface area (Å²) in [6, 6.07) is 13.9. The molecule has 0 bridgehead atoms. The molecular weight excluding hydrogens is 318 g/mol. The number of rotatable bonds is 8. The lowest BCUT2D eigenvalue weighted by Crippen LogP contribution is -2.21. The Labute approximate surface area is 136 Å². The van der Waals surface area contributed by atoms with Gasteiger partial charge in [0.05, 0.1) is 19.9 Å². The average molecular weight is 337 g/mol. The summed E-state index contributed by atoms with van der Waals surface area (Å²) in [6.45, 7) is 0.0621. The maximum atomic E-state index is 12.1. The number of methoxy groups -OCH3 is 2. The first kappa shape index (κ1) is 17.0. The van der Waals surface area contributed by atoms with Gasteiger partial charge in [0.25, 0.3) is 0 Å². The van der Waals surface area contributed by atoms with E-state index >= 15 is 0 Å².